The van der Waals surface area contributed by atoms with E-state index in [1.165, 1.54) is 0 Å². The summed E-state index contributed by atoms with van der Waals surface area (Å²) in [5, 5.41) is 9.92. The topological polar surface area (TPSA) is 96.1 Å². The molecule has 0 aliphatic carbocycles. The van der Waals surface area contributed by atoms with Crippen molar-refractivity contribution < 1.29 is 13.2 Å². The van der Waals surface area contributed by atoms with E-state index in [4.69, 9.17) is 4.74 Å². The minimum absolute atomic E-state index is 0.0534. The number of nitrogens with zero attached hydrogens (tertiary/aromatic N) is 1. The fourth-order valence-corrected chi connectivity index (χ4v) is 2.91. The molecule has 0 bridgehead atoms. The normalized spacial score (nSPS) is 12.5. The molecule has 0 spiro atoms. The Kier molecular flexibility index (Phi) is 6.79. The van der Waals surface area contributed by atoms with Gasteiger partial charge < -0.3 is 10.1 Å². The average Bonchev–Trinajstić information content (AvgIpc) is 2.74. The quantitative estimate of drug-likeness (QED) is 0.588. The Morgan fingerprint density at radius 3 is 2.52 bits per heavy atom. The number of H-pyrrole nitrogens is 1. The van der Waals surface area contributed by atoms with Gasteiger partial charge in [-0.15, -0.1) is 0 Å². The number of hydrogen-bond acceptors (Lipinski definition) is 5. The molecule has 0 unspecified atom stereocenters. The van der Waals surface area contributed by atoms with Gasteiger partial charge in [-0.25, -0.2) is 13.1 Å². The van der Waals surface area contributed by atoms with Crippen LogP contribution in [0.15, 0.2) is 5.03 Å². The zero-order valence-corrected chi connectivity index (χ0v) is 14.2. The maximum atomic E-state index is 12.3. The van der Waals surface area contributed by atoms with E-state index < -0.39 is 10.0 Å². The lowest BCUT2D eigenvalue weighted by Crippen LogP contribution is -2.30. The molecule has 8 heteroatoms. The third-order valence-electron chi connectivity index (χ3n) is 2.82. The van der Waals surface area contributed by atoms with Crippen LogP contribution in [0.1, 0.15) is 39.0 Å². The number of sulfonamides is 1. The van der Waals surface area contributed by atoms with Gasteiger partial charge >= 0.3 is 0 Å². The predicted molar refractivity (Wildman–Crippen MR) is 81.6 cm³/mol. The van der Waals surface area contributed by atoms with Crippen molar-refractivity contribution in [1.82, 2.24) is 20.2 Å². The third-order valence-corrected chi connectivity index (χ3v) is 4.25. The molecule has 7 nitrogen and oxygen atoms in total. The van der Waals surface area contributed by atoms with E-state index in [9.17, 15) is 8.42 Å². The van der Waals surface area contributed by atoms with Gasteiger partial charge in [0.05, 0.1) is 12.7 Å². The van der Waals surface area contributed by atoms with E-state index in [0.29, 0.717) is 18.7 Å². The number of hydrogen-bond donors (Lipinski definition) is 3. The van der Waals surface area contributed by atoms with Crippen molar-refractivity contribution in [3.8, 4) is 0 Å². The zero-order chi connectivity index (χ0) is 16.0. The van der Waals surface area contributed by atoms with Crippen molar-refractivity contribution in [1.29, 1.82) is 0 Å². The summed E-state index contributed by atoms with van der Waals surface area (Å²) >= 11 is 0. The number of aryl methyl sites for hydroxylation is 1. The first kappa shape index (κ1) is 18.1. The summed E-state index contributed by atoms with van der Waals surface area (Å²) in [6.45, 7) is 10.6. The number of nitrogens with one attached hydrogen (secondary N) is 3. The molecule has 0 saturated carbocycles. The van der Waals surface area contributed by atoms with Gasteiger partial charge in [-0.05, 0) is 20.8 Å². The summed E-state index contributed by atoms with van der Waals surface area (Å²) in [4.78, 5) is 0. The molecule has 3 N–H and O–H groups in total. The first-order valence-corrected chi connectivity index (χ1v) is 8.61. The Labute approximate surface area is 126 Å². The highest BCUT2D eigenvalue weighted by molar-refractivity contribution is 7.89. The fourth-order valence-electron chi connectivity index (χ4n) is 1.71. The van der Waals surface area contributed by atoms with Crippen LogP contribution in [0.25, 0.3) is 0 Å². The Balaban J connectivity index is 2.74. The van der Waals surface area contributed by atoms with Gasteiger partial charge in [0.15, 0.2) is 5.03 Å². The second-order valence-corrected chi connectivity index (χ2v) is 7.17. The van der Waals surface area contributed by atoms with E-state index >= 15 is 0 Å². The number of aromatic amines is 1. The van der Waals surface area contributed by atoms with Gasteiger partial charge in [-0.2, -0.15) is 5.10 Å². The number of rotatable bonds is 9. The molecule has 122 valence electrons. The van der Waals surface area contributed by atoms with Crippen molar-refractivity contribution in [2.24, 2.45) is 0 Å². The summed E-state index contributed by atoms with van der Waals surface area (Å²) in [6, 6.07) is 0.266. The molecule has 0 aromatic carbocycles. The van der Waals surface area contributed by atoms with Crippen molar-refractivity contribution in [2.75, 3.05) is 13.2 Å². The average molecular weight is 318 g/mol. The summed E-state index contributed by atoms with van der Waals surface area (Å²) < 4.78 is 32.4. The number of aromatic nitrogens is 2. The molecular weight excluding hydrogens is 292 g/mol. The van der Waals surface area contributed by atoms with Crippen LogP contribution in [-0.4, -0.2) is 43.9 Å². The van der Waals surface area contributed by atoms with Crippen LogP contribution in [-0.2, 0) is 21.3 Å². The molecule has 1 rings (SSSR count). The smallest absolute Gasteiger partial charge is 0.260 e. The Hall–Kier alpha value is -0.960. The fraction of sp³-hybridized carbons (Fsp3) is 0.769. The molecule has 1 heterocycles. The molecule has 0 aliphatic heterocycles. The highest BCUT2D eigenvalue weighted by atomic mass is 32.2. The van der Waals surface area contributed by atoms with Crippen LogP contribution in [0.3, 0.4) is 0 Å². The lowest BCUT2D eigenvalue weighted by molar-refractivity contribution is 0.0833. The molecule has 1 aromatic heterocycles. The highest BCUT2D eigenvalue weighted by Gasteiger charge is 2.23. The van der Waals surface area contributed by atoms with Crippen molar-refractivity contribution >= 4 is 10.0 Å². The molecular formula is C13H26N4O3S. The first-order valence-electron chi connectivity index (χ1n) is 7.12. The highest BCUT2D eigenvalue weighted by Crippen LogP contribution is 2.16. The van der Waals surface area contributed by atoms with E-state index in [-0.39, 0.29) is 23.7 Å². The van der Waals surface area contributed by atoms with Gasteiger partial charge in [-0.1, -0.05) is 13.8 Å². The minimum atomic E-state index is -3.63. The summed E-state index contributed by atoms with van der Waals surface area (Å²) in [6.07, 6.45) is 0.0768. The largest absolute Gasteiger partial charge is 0.377 e. The first-order chi connectivity index (χ1) is 9.74. The molecule has 0 aliphatic rings. The second-order valence-electron chi connectivity index (χ2n) is 5.49. The predicted octanol–water partition coefficient (Wildman–Crippen LogP) is 0.919. The molecule has 21 heavy (non-hydrogen) atoms. The van der Waals surface area contributed by atoms with Crippen LogP contribution in [0.4, 0.5) is 0 Å². The van der Waals surface area contributed by atoms with Gasteiger partial charge in [-0.3, -0.25) is 5.10 Å². The van der Waals surface area contributed by atoms with E-state index in [2.05, 4.69) is 20.2 Å². The standard InChI is InChI=1S/C13H26N4O3S/c1-9(2)14-8-12-11(5)16-17-13(12)21(18,19)15-6-7-20-10(3)4/h9-10,14-15H,6-8H2,1-5H3,(H,16,17). The summed E-state index contributed by atoms with van der Waals surface area (Å²) in [5.74, 6) is 0. The van der Waals surface area contributed by atoms with Crippen molar-refractivity contribution in [3.05, 3.63) is 11.3 Å². The molecule has 0 radical (unpaired) electrons. The maximum Gasteiger partial charge on any atom is 0.260 e. The maximum absolute atomic E-state index is 12.3. The van der Waals surface area contributed by atoms with E-state index in [1.807, 2.05) is 34.6 Å². The summed E-state index contributed by atoms with van der Waals surface area (Å²) in [7, 11) is -3.63. The molecule has 0 amide bonds. The van der Waals surface area contributed by atoms with E-state index in [0.717, 1.165) is 5.69 Å². The van der Waals surface area contributed by atoms with Crippen LogP contribution in [0.5, 0.6) is 0 Å². The third kappa shape index (κ3) is 5.74. The molecule has 0 saturated heterocycles. The Morgan fingerprint density at radius 1 is 1.29 bits per heavy atom. The monoisotopic (exact) mass is 318 g/mol. The number of ether oxygens (including phenoxy) is 1. The lowest BCUT2D eigenvalue weighted by Gasteiger charge is -2.11. The van der Waals surface area contributed by atoms with Gasteiger partial charge in [0.2, 0.25) is 0 Å². The Morgan fingerprint density at radius 2 is 1.95 bits per heavy atom. The van der Waals surface area contributed by atoms with Crippen LogP contribution in [0, 0.1) is 6.92 Å². The summed E-state index contributed by atoms with van der Waals surface area (Å²) in [5.41, 5.74) is 1.42. The van der Waals surface area contributed by atoms with Crippen LogP contribution < -0.4 is 10.0 Å². The zero-order valence-electron chi connectivity index (χ0n) is 13.4. The molecule has 0 fully saturated rings. The lowest BCUT2D eigenvalue weighted by atomic mass is 10.2. The van der Waals surface area contributed by atoms with Crippen LogP contribution in [0.2, 0.25) is 0 Å². The van der Waals surface area contributed by atoms with Crippen LogP contribution >= 0.6 is 0 Å². The van der Waals surface area contributed by atoms with Crippen molar-refractivity contribution in [3.63, 3.8) is 0 Å². The Bertz CT molecular complexity index is 538. The van der Waals surface area contributed by atoms with Crippen molar-refractivity contribution in [2.45, 2.75) is 58.3 Å². The van der Waals surface area contributed by atoms with Gasteiger partial charge in [0.25, 0.3) is 10.0 Å². The minimum Gasteiger partial charge on any atom is -0.377 e. The second kappa shape index (κ2) is 7.88. The SMILES string of the molecule is Cc1[nH]nc(S(=O)(=O)NCCOC(C)C)c1CNC(C)C. The van der Waals surface area contributed by atoms with Gasteiger partial charge in [0.1, 0.15) is 0 Å². The van der Waals surface area contributed by atoms with Gasteiger partial charge in [0, 0.05) is 30.4 Å². The molecule has 0 atom stereocenters. The van der Waals surface area contributed by atoms with E-state index in [1.54, 1.807) is 0 Å². The molecule has 1 aromatic rings.